The number of ether oxygens (including phenoxy) is 1. The third-order valence-corrected chi connectivity index (χ3v) is 5.93. The Morgan fingerprint density at radius 1 is 1.12 bits per heavy atom. The highest BCUT2D eigenvalue weighted by molar-refractivity contribution is 7.99. The van der Waals surface area contributed by atoms with Gasteiger partial charge in [-0.2, -0.15) is 0 Å². The minimum absolute atomic E-state index is 0.110. The molecule has 2 aromatic heterocycles. The smallest absolute Gasteiger partial charge is 0.230 e. The standard InChI is InChI=1S/C23H21ClN4O3S/c1-30-20-7-3-2-5-17(20)13-25-21(29)15-32-23-27-26-22(16-8-10-18(24)11-9-16)28(23)14-19-6-4-12-31-19/h2-12H,13-15H2,1H3,(H,25,29). The fourth-order valence-corrected chi connectivity index (χ4v) is 4.03. The molecule has 0 unspecified atom stereocenters. The van der Waals surface area contributed by atoms with Crippen LogP contribution in [0.25, 0.3) is 11.4 Å². The number of hydrogen-bond donors (Lipinski definition) is 1. The van der Waals surface area contributed by atoms with Crippen LogP contribution in [0.5, 0.6) is 5.75 Å². The second kappa shape index (κ2) is 10.4. The molecule has 4 aromatic rings. The van der Waals surface area contributed by atoms with E-state index < -0.39 is 0 Å². The first kappa shape index (κ1) is 22.0. The Bertz CT molecular complexity index is 1180. The van der Waals surface area contributed by atoms with Crippen molar-refractivity contribution in [1.29, 1.82) is 0 Å². The Morgan fingerprint density at radius 3 is 2.69 bits per heavy atom. The van der Waals surface area contributed by atoms with Crippen molar-refractivity contribution in [3.8, 4) is 17.1 Å². The highest BCUT2D eigenvalue weighted by Crippen LogP contribution is 2.26. The van der Waals surface area contributed by atoms with E-state index in [0.717, 1.165) is 22.6 Å². The number of carbonyl (C=O) groups is 1. The average Bonchev–Trinajstić information content (AvgIpc) is 3.47. The van der Waals surface area contributed by atoms with Crippen molar-refractivity contribution in [2.45, 2.75) is 18.2 Å². The monoisotopic (exact) mass is 468 g/mol. The average molecular weight is 469 g/mol. The molecule has 9 heteroatoms. The maximum Gasteiger partial charge on any atom is 0.230 e. The molecule has 0 saturated heterocycles. The third-order valence-electron chi connectivity index (χ3n) is 4.71. The number of benzene rings is 2. The predicted molar refractivity (Wildman–Crippen MR) is 124 cm³/mol. The summed E-state index contributed by atoms with van der Waals surface area (Å²) in [6, 6.07) is 18.7. The third kappa shape index (κ3) is 5.33. The number of nitrogens with one attached hydrogen (secondary N) is 1. The van der Waals surface area contributed by atoms with E-state index in [-0.39, 0.29) is 11.7 Å². The zero-order valence-corrected chi connectivity index (χ0v) is 18.9. The van der Waals surface area contributed by atoms with Gasteiger partial charge in [-0.05, 0) is 42.5 Å². The van der Waals surface area contributed by atoms with E-state index in [1.165, 1.54) is 11.8 Å². The van der Waals surface area contributed by atoms with E-state index in [4.69, 9.17) is 20.8 Å². The summed E-state index contributed by atoms with van der Waals surface area (Å²) in [4.78, 5) is 12.5. The summed E-state index contributed by atoms with van der Waals surface area (Å²) in [7, 11) is 1.61. The van der Waals surface area contributed by atoms with Gasteiger partial charge in [0.1, 0.15) is 11.5 Å². The van der Waals surface area contributed by atoms with Crippen molar-refractivity contribution in [2.24, 2.45) is 0 Å². The van der Waals surface area contributed by atoms with Crippen molar-refractivity contribution in [2.75, 3.05) is 12.9 Å². The fourth-order valence-electron chi connectivity index (χ4n) is 3.13. The molecule has 0 fully saturated rings. The van der Waals surface area contributed by atoms with Crippen LogP contribution < -0.4 is 10.1 Å². The molecule has 2 heterocycles. The quantitative estimate of drug-likeness (QED) is 0.360. The largest absolute Gasteiger partial charge is 0.496 e. The van der Waals surface area contributed by atoms with Gasteiger partial charge < -0.3 is 14.5 Å². The van der Waals surface area contributed by atoms with Gasteiger partial charge >= 0.3 is 0 Å². The highest BCUT2D eigenvalue weighted by atomic mass is 35.5. The molecule has 7 nitrogen and oxygen atoms in total. The summed E-state index contributed by atoms with van der Waals surface area (Å²) in [5.74, 6) is 2.27. The summed E-state index contributed by atoms with van der Waals surface area (Å²) < 4.78 is 12.8. The van der Waals surface area contributed by atoms with Gasteiger partial charge in [-0.1, -0.05) is 41.6 Å². The lowest BCUT2D eigenvalue weighted by Crippen LogP contribution is -2.25. The van der Waals surface area contributed by atoms with Crippen LogP contribution in [0.3, 0.4) is 0 Å². The van der Waals surface area contributed by atoms with Gasteiger partial charge in [0.25, 0.3) is 0 Å². The summed E-state index contributed by atoms with van der Waals surface area (Å²) >= 11 is 7.34. The molecule has 0 aliphatic heterocycles. The molecule has 1 amide bonds. The van der Waals surface area contributed by atoms with Gasteiger partial charge in [0.2, 0.25) is 5.91 Å². The van der Waals surface area contributed by atoms with Crippen LogP contribution in [0.15, 0.2) is 76.5 Å². The lowest BCUT2D eigenvalue weighted by atomic mass is 10.2. The number of furan rings is 1. The normalized spacial score (nSPS) is 10.8. The minimum atomic E-state index is -0.110. The Hall–Kier alpha value is -3.23. The van der Waals surface area contributed by atoms with E-state index in [1.807, 2.05) is 53.1 Å². The second-order valence-electron chi connectivity index (χ2n) is 6.86. The van der Waals surface area contributed by atoms with Crippen molar-refractivity contribution >= 4 is 29.3 Å². The predicted octanol–water partition coefficient (Wildman–Crippen LogP) is 4.66. The highest BCUT2D eigenvalue weighted by Gasteiger charge is 2.17. The Morgan fingerprint density at radius 2 is 1.94 bits per heavy atom. The number of carbonyl (C=O) groups excluding carboxylic acids is 1. The number of methoxy groups -OCH3 is 1. The lowest BCUT2D eigenvalue weighted by molar-refractivity contribution is -0.118. The number of rotatable bonds is 9. The topological polar surface area (TPSA) is 82.2 Å². The van der Waals surface area contributed by atoms with Gasteiger partial charge in [-0.25, -0.2) is 0 Å². The SMILES string of the molecule is COc1ccccc1CNC(=O)CSc1nnc(-c2ccc(Cl)cc2)n1Cc1ccco1. The summed E-state index contributed by atoms with van der Waals surface area (Å²) in [5.41, 5.74) is 1.79. The molecule has 0 spiro atoms. The van der Waals surface area contributed by atoms with Crippen molar-refractivity contribution < 1.29 is 13.9 Å². The second-order valence-corrected chi connectivity index (χ2v) is 8.23. The Labute approximate surface area is 194 Å². The van der Waals surface area contributed by atoms with Crippen LogP contribution in [0.2, 0.25) is 5.02 Å². The summed E-state index contributed by atoms with van der Waals surface area (Å²) in [6.07, 6.45) is 1.62. The van der Waals surface area contributed by atoms with Crippen molar-refractivity contribution in [3.05, 3.63) is 83.3 Å². The molecular weight excluding hydrogens is 448 g/mol. The maximum atomic E-state index is 12.5. The molecule has 0 atom stereocenters. The van der Waals surface area contributed by atoms with Crippen LogP contribution in [0.1, 0.15) is 11.3 Å². The number of nitrogens with zero attached hydrogens (tertiary/aromatic N) is 3. The molecule has 4 rings (SSSR count). The number of para-hydroxylation sites is 1. The van der Waals surface area contributed by atoms with Gasteiger partial charge in [0, 0.05) is 22.7 Å². The van der Waals surface area contributed by atoms with Crippen LogP contribution in [-0.2, 0) is 17.9 Å². The molecule has 0 saturated carbocycles. The number of hydrogen-bond acceptors (Lipinski definition) is 6. The van der Waals surface area contributed by atoms with E-state index in [2.05, 4.69) is 15.5 Å². The molecule has 0 radical (unpaired) electrons. The van der Waals surface area contributed by atoms with E-state index in [9.17, 15) is 4.79 Å². The molecule has 0 aliphatic rings. The first-order chi connectivity index (χ1) is 15.6. The molecule has 2 aromatic carbocycles. The first-order valence-corrected chi connectivity index (χ1v) is 11.2. The number of thioether (sulfide) groups is 1. The molecule has 164 valence electrons. The molecule has 1 N–H and O–H groups in total. The van der Waals surface area contributed by atoms with Gasteiger partial charge in [0.15, 0.2) is 11.0 Å². The zero-order chi connectivity index (χ0) is 22.3. The Kier molecular flexibility index (Phi) is 7.14. The van der Waals surface area contributed by atoms with E-state index in [0.29, 0.717) is 29.1 Å². The van der Waals surface area contributed by atoms with Gasteiger partial charge in [0.05, 0.1) is 25.7 Å². The van der Waals surface area contributed by atoms with Crippen LogP contribution in [0, 0.1) is 0 Å². The van der Waals surface area contributed by atoms with E-state index >= 15 is 0 Å². The zero-order valence-electron chi connectivity index (χ0n) is 17.3. The first-order valence-electron chi connectivity index (χ1n) is 9.87. The molecule has 0 aliphatic carbocycles. The molecule has 32 heavy (non-hydrogen) atoms. The van der Waals surface area contributed by atoms with E-state index in [1.54, 1.807) is 25.5 Å². The number of halogens is 1. The van der Waals surface area contributed by atoms with Crippen LogP contribution >= 0.6 is 23.4 Å². The van der Waals surface area contributed by atoms with Crippen molar-refractivity contribution in [3.63, 3.8) is 0 Å². The maximum absolute atomic E-state index is 12.5. The molecular formula is C23H21ClN4O3S. The Balaban J connectivity index is 1.46. The lowest BCUT2D eigenvalue weighted by Gasteiger charge is -2.10. The number of amides is 1. The fraction of sp³-hybridized carbons (Fsp3) is 0.174. The van der Waals surface area contributed by atoms with Crippen LogP contribution in [0.4, 0.5) is 0 Å². The molecule has 0 bridgehead atoms. The van der Waals surface area contributed by atoms with Crippen LogP contribution in [-0.4, -0.2) is 33.5 Å². The van der Waals surface area contributed by atoms with Crippen molar-refractivity contribution in [1.82, 2.24) is 20.1 Å². The van der Waals surface area contributed by atoms with Gasteiger partial charge in [-0.3, -0.25) is 9.36 Å². The summed E-state index contributed by atoms with van der Waals surface area (Å²) in [5, 5.41) is 12.9. The summed E-state index contributed by atoms with van der Waals surface area (Å²) in [6.45, 7) is 0.835. The number of aromatic nitrogens is 3. The minimum Gasteiger partial charge on any atom is -0.496 e. The van der Waals surface area contributed by atoms with Gasteiger partial charge in [-0.15, -0.1) is 10.2 Å².